The van der Waals surface area contributed by atoms with Crippen LogP contribution in [-0.4, -0.2) is 85.6 Å². The number of phenolic OH excluding ortho intramolecular Hbond substituents is 4. The zero-order valence-corrected chi connectivity index (χ0v) is 16.7. The summed E-state index contributed by atoms with van der Waals surface area (Å²) in [6.07, 6.45) is -7.04. The first kappa shape index (κ1) is 23.6. The minimum atomic E-state index is -1.63. The van der Waals surface area contributed by atoms with Gasteiger partial charge in [-0.15, -0.1) is 0 Å². The van der Waals surface area contributed by atoms with Gasteiger partial charge in [0.05, 0.1) is 12.2 Å². The van der Waals surface area contributed by atoms with Crippen molar-refractivity contribution in [1.29, 1.82) is 0 Å². The van der Waals surface area contributed by atoms with Crippen LogP contribution in [0.25, 0.3) is 0 Å². The van der Waals surface area contributed by atoms with Crippen LogP contribution in [0.1, 0.15) is 15.9 Å². The van der Waals surface area contributed by atoms with E-state index in [0.717, 1.165) is 12.1 Å². The molecule has 2 aromatic carbocycles. The second kappa shape index (κ2) is 10.0. The largest absolute Gasteiger partial charge is 0.504 e. The Labute approximate surface area is 182 Å². The van der Waals surface area contributed by atoms with Crippen molar-refractivity contribution in [3.05, 3.63) is 47.5 Å². The lowest BCUT2D eigenvalue weighted by molar-refractivity contribution is -0.300. The van der Waals surface area contributed by atoms with Crippen LogP contribution in [0, 0.1) is 0 Å². The molecule has 0 aromatic heterocycles. The molecule has 0 spiro atoms. The van der Waals surface area contributed by atoms with Gasteiger partial charge in [-0.1, -0.05) is 6.07 Å². The van der Waals surface area contributed by atoms with Crippen LogP contribution < -0.4 is 0 Å². The van der Waals surface area contributed by atoms with Gasteiger partial charge in [0.25, 0.3) is 0 Å². The zero-order valence-electron chi connectivity index (χ0n) is 16.7. The van der Waals surface area contributed by atoms with E-state index in [4.69, 9.17) is 14.2 Å². The van der Waals surface area contributed by atoms with Crippen molar-refractivity contribution >= 4 is 5.97 Å². The summed E-state index contributed by atoms with van der Waals surface area (Å²) in [5.74, 6) is -2.35. The molecule has 0 bridgehead atoms. The molecular weight excluding hydrogens is 428 g/mol. The van der Waals surface area contributed by atoms with Crippen molar-refractivity contribution in [2.24, 2.45) is 0 Å². The second-order valence-electron chi connectivity index (χ2n) is 7.26. The Morgan fingerprint density at radius 1 is 0.844 bits per heavy atom. The number of ether oxygens (including phenoxy) is 3. The van der Waals surface area contributed by atoms with Gasteiger partial charge in [-0.05, 0) is 42.3 Å². The number of phenols is 4. The van der Waals surface area contributed by atoms with E-state index in [0.29, 0.717) is 5.56 Å². The molecule has 0 saturated carbocycles. The third kappa shape index (κ3) is 5.39. The van der Waals surface area contributed by atoms with Gasteiger partial charge in [0, 0.05) is 0 Å². The van der Waals surface area contributed by atoms with Crippen molar-refractivity contribution < 1.29 is 54.8 Å². The third-order valence-corrected chi connectivity index (χ3v) is 4.97. The average molecular weight is 452 g/mol. The van der Waals surface area contributed by atoms with Gasteiger partial charge in [0.2, 0.25) is 0 Å². The standard InChI is InChI=1S/C21H24O11/c22-12-3-1-10(7-14(12)24)5-6-30-21-19(28)18(27)17(26)16(32-21)9-31-20(29)11-2-4-13(23)15(25)8-11/h1-4,7-8,16-19,21-28H,5-6,9H2/t16-,17-,18+,19-,21-/m1/s1. The maximum Gasteiger partial charge on any atom is 0.338 e. The number of aliphatic hydroxyl groups excluding tert-OH is 3. The van der Waals surface area contributed by atoms with E-state index in [1.165, 1.54) is 18.2 Å². The number of benzene rings is 2. The summed E-state index contributed by atoms with van der Waals surface area (Å²) in [6.45, 7) is -0.481. The number of aliphatic hydroxyl groups is 3. The average Bonchev–Trinajstić information content (AvgIpc) is 2.77. The summed E-state index contributed by atoms with van der Waals surface area (Å²) < 4.78 is 15.9. The molecule has 7 N–H and O–H groups in total. The van der Waals surface area contributed by atoms with Gasteiger partial charge in [0.15, 0.2) is 29.3 Å². The van der Waals surface area contributed by atoms with E-state index >= 15 is 0 Å². The van der Waals surface area contributed by atoms with E-state index in [-0.39, 0.29) is 30.1 Å². The van der Waals surface area contributed by atoms with Crippen molar-refractivity contribution in [1.82, 2.24) is 0 Å². The van der Waals surface area contributed by atoms with Crippen LogP contribution in [0.2, 0.25) is 0 Å². The first-order valence-electron chi connectivity index (χ1n) is 9.68. The molecule has 11 heteroatoms. The third-order valence-electron chi connectivity index (χ3n) is 4.97. The van der Waals surface area contributed by atoms with E-state index in [1.807, 2.05) is 0 Å². The number of rotatable bonds is 7. The Balaban J connectivity index is 1.56. The summed E-state index contributed by atoms with van der Waals surface area (Å²) in [6, 6.07) is 7.56. The van der Waals surface area contributed by atoms with Crippen LogP contribution >= 0.6 is 0 Å². The minimum absolute atomic E-state index is 0.00799. The normalized spacial score (nSPS) is 25.4. The first-order valence-corrected chi connectivity index (χ1v) is 9.68. The Kier molecular flexibility index (Phi) is 7.38. The maximum atomic E-state index is 12.1. The molecule has 11 nitrogen and oxygen atoms in total. The number of hydrogen-bond acceptors (Lipinski definition) is 11. The Bertz CT molecular complexity index is 947. The summed E-state index contributed by atoms with van der Waals surface area (Å²) in [7, 11) is 0. The van der Waals surface area contributed by atoms with E-state index in [9.17, 15) is 40.5 Å². The molecule has 0 unspecified atom stereocenters. The van der Waals surface area contributed by atoms with Gasteiger partial charge in [0.1, 0.15) is 31.0 Å². The van der Waals surface area contributed by atoms with E-state index < -0.39 is 54.8 Å². The van der Waals surface area contributed by atoms with Crippen molar-refractivity contribution in [2.75, 3.05) is 13.2 Å². The molecule has 1 aliphatic rings. The highest BCUT2D eigenvalue weighted by atomic mass is 16.7. The van der Waals surface area contributed by atoms with Crippen LogP contribution in [0.5, 0.6) is 23.0 Å². The molecule has 5 atom stereocenters. The SMILES string of the molecule is O=C(OC[C@H]1O[C@@H](OCCc2ccc(O)c(O)c2)[C@H](O)[C@@H](O)[C@@H]1O)c1ccc(O)c(O)c1. The quantitative estimate of drug-likeness (QED) is 0.217. The fourth-order valence-electron chi connectivity index (χ4n) is 3.10. The summed E-state index contributed by atoms with van der Waals surface area (Å²) in [4.78, 5) is 12.1. The summed E-state index contributed by atoms with van der Waals surface area (Å²) in [5, 5.41) is 68.0. The Hall–Kier alpha value is -3.09. The van der Waals surface area contributed by atoms with Gasteiger partial charge >= 0.3 is 5.97 Å². The first-order chi connectivity index (χ1) is 15.2. The topological polar surface area (TPSA) is 186 Å². The van der Waals surface area contributed by atoms with Crippen LogP contribution in [0.4, 0.5) is 0 Å². The molecule has 0 amide bonds. The number of carbonyl (C=O) groups excluding carboxylic acids is 1. The molecular formula is C21H24O11. The maximum absolute atomic E-state index is 12.1. The van der Waals surface area contributed by atoms with Gasteiger partial charge in [-0.25, -0.2) is 4.79 Å². The molecule has 1 heterocycles. The highest BCUT2D eigenvalue weighted by molar-refractivity contribution is 5.90. The molecule has 0 radical (unpaired) electrons. The lowest BCUT2D eigenvalue weighted by Crippen LogP contribution is -2.59. The smallest absolute Gasteiger partial charge is 0.338 e. The van der Waals surface area contributed by atoms with Crippen molar-refractivity contribution in [3.63, 3.8) is 0 Å². The number of hydrogen-bond donors (Lipinski definition) is 7. The summed E-state index contributed by atoms with van der Waals surface area (Å²) in [5.41, 5.74) is 0.574. The molecule has 2 aromatic rings. The molecule has 174 valence electrons. The molecule has 1 aliphatic heterocycles. The Morgan fingerprint density at radius 2 is 1.50 bits per heavy atom. The predicted molar refractivity (Wildman–Crippen MR) is 106 cm³/mol. The predicted octanol–water partition coefficient (Wildman–Crippen LogP) is -0.267. The molecule has 0 aliphatic carbocycles. The van der Waals surface area contributed by atoms with Gasteiger partial charge in [-0.3, -0.25) is 0 Å². The fourth-order valence-corrected chi connectivity index (χ4v) is 3.10. The number of esters is 1. The fraction of sp³-hybridized carbons (Fsp3) is 0.381. The monoisotopic (exact) mass is 452 g/mol. The van der Waals surface area contributed by atoms with Crippen molar-refractivity contribution in [3.8, 4) is 23.0 Å². The molecule has 3 rings (SSSR count). The highest BCUT2D eigenvalue weighted by Crippen LogP contribution is 2.27. The molecule has 1 saturated heterocycles. The van der Waals surface area contributed by atoms with E-state index in [1.54, 1.807) is 6.07 Å². The lowest BCUT2D eigenvalue weighted by Gasteiger charge is -2.39. The van der Waals surface area contributed by atoms with E-state index in [2.05, 4.69) is 0 Å². The van der Waals surface area contributed by atoms with Crippen LogP contribution in [-0.2, 0) is 20.6 Å². The molecule has 1 fully saturated rings. The van der Waals surface area contributed by atoms with Gasteiger partial charge < -0.3 is 50.0 Å². The van der Waals surface area contributed by atoms with Crippen molar-refractivity contribution in [2.45, 2.75) is 37.1 Å². The number of aromatic hydroxyl groups is 4. The number of carbonyl (C=O) groups is 1. The summed E-state index contributed by atoms with van der Waals surface area (Å²) >= 11 is 0. The molecule has 32 heavy (non-hydrogen) atoms. The zero-order chi connectivity index (χ0) is 23.4. The van der Waals surface area contributed by atoms with Gasteiger partial charge in [-0.2, -0.15) is 0 Å². The lowest BCUT2D eigenvalue weighted by atomic mass is 9.99. The van der Waals surface area contributed by atoms with Crippen LogP contribution in [0.15, 0.2) is 36.4 Å². The highest BCUT2D eigenvalue weighted by Gasteiger charge is 2.44. The Morgan fingerprint density at radius 3 is 2.16 bits per heavy atom. The van der Waals surface area contributed by atoms with Crippen LogP contribution in [0.3, 0.4) is 0 Å². The second-order valence-corrected chi connectivity index (χ2v) is 7.26. The minimum Gasteiger partial charge on any atom is -0.504 e.